The first-order valence-electron chi connectivity index (χ1n) is 5.57. The number of hydrogen-bond donors (Lipinski definition) is 2. The number of halogens is 2. The summed E-state index contributed by atoms with van der Waals surface area (Å²) in [6.45, 7) is 2.03. The Labute approximate surface area is 116 Å². The zero-order chi connectivity index (χ0) is 13.1. The molecule has 0 aliphatic heterocycles. The zero-order valence-corrected chi connectivity index (χ0v) is 11.3. The van der Waals surface area contributed by atoms with Crippen LogP contribution < -0.4 is 5.32 Å². The summed E-state index contributed by atoms with van der Waals surface area (Å²) in [5.41, 5.74) is 1.99. The van der Waals surface area contributed by atoms with Crippen molar-refractivity contribution in [2.24, 2.45) is 0 Å². The van der Waals surface area contributed by atoms with Crippen LogP contribution in [0.3, 0.4) is 0 Å². The Morgan fingerprint density at radius 3 is 2.28 bits per heavy atom. The molecule has 94 valence electrons. The molecule has 2 aromatic carbocycles. The van der Waals surface area contributed by atoms with Crippen molar-refractivity contribution in [2.45, 2.75) is 13.0 Å². The molecule has 0 aromatic heterocycles. The zero-order valence-electron chi connectivity index (χ0n) is 9.82. The molecule has 0 aliphatic carbocycles. The number of benzene rings is 2. The van der Waals surface area contributed by atoms with Gasteiger partial charge in [-0.05, 0) is 48.9 Å². The summed E-state index contributed by atoms with van der Waals surface area (Å²) >= 11 is 11.9. The van der Waals surface area contributed by atoms with Crippen molar-refractivity contribution in [1.29, 1.82) is 0 Å². The molecule has 1 atom stereocenters. The molecular formula is C14H13Cl2NO. The van der Waals surface area contributed by atoms with Gasteiger partial charge in [0, 0.05) is 11.7 Å². The van der Waals surface area contributed by atoms with Crippen LogP contribution in [0.5, 0.6) is 5.75 Å². The Kier molecular flexibility index (Phi) is 4.00. The van der Waals surface area contributed by atoms with Gasteiger partial charge in [0.05, 0.1) is 10.0 Å². The van der Waals surface area contributed by atoms with E-state index in [1.807, 2.05) is 31.2 Å². The summed E-state index contributed by atoms with van der Waals surface area (Å²) < 4.78 is 0. The standard InChI is InChI=1S/C14H13Cl2NO/c1-9(10-2-7-13(15)14(16)8-10)17-11-3-5-12(18)6-4-11/h2-9,17-18H,1H3. The average Bonchev–Trinajstić information content (AvgIpc) is 2.35. The average molecular weight is 282 g/mol. The summed E-state index contributed by atoms with van der Waals surface area (Å²) in [5.74, 6) is 0.253. The Bertz CT molecular complexity index is 540. The number of nitrogens with one attached hydrogen (secondary N) is 1. The first kappa shape index (κ1) is 13.1. The number of hydrogen-bond acceptors (Lipinski definition) is 2. The Balaban J connectivity index is 2.13. The Morgan fingerprint density at radius 1 is 1.00 bits per heavy atom. The predicted octanol–water partition coefficient (Wildman–Crippen LogP) is 4.87. The first-order valence-corrected chi connectivity index (χ1v) is 6.32. The molecule has 18 heavy (non-hydrogen) atoms. The molecule has 2 nitrogen and oxygen atoms in total. The van der Waals surface area contributed by atoms with Crippen molar-refractivity contribution in [3.8, 4) is 5.75 Å². The van der Waals surface area contributed by atoms with E-state index in [0.29, 0.717) is 10.0 Å². The van der Waals surface area contributed by atoms with Crippen LogP contribution >= 0.6 is 23.2 Å². The van der Waals surface area contributed by atoms with Gasteiger partial charge < -0.3 is 10.4 Å². The third-order valence-electron chi connectivity index (χ3n) is 2.69. The van der Waals surface area contributed by atoms with E-state index in [1.165, 1.54) is 0 Å². The minimum atomic E-state index is 0.101. The van der Waals surface area contributed by atoms with Crippen molar-refractivity contribution in [1.82, 2.24) is 0 Å². The number of phenols is 1. The van der Waals surface area contributed by atoms with Crippen molar-refractivity contribution in [3.63, 3.8) is 0 Å². The molecule has 2 aromatic rings. The van der Waals surface area contributed by atoms with E-state index in [1.54, 1.807) is 18.2 Å². The lowest BCUT2D eigenvalue weighted by atomic mass is 10.1. The van der Waals surface area contributed by atoms with Gasteiger partial charge in [-0.1, -0.05) is 29.3 Å². The maximum absolute atomic E-state index is 9.21. The van der Waals surface area contributed by atoms with E-state index in [-0.39, 0.29) is 11.8 Å². The summed E-state index contributed by atoms with van der Waals surface area (Å²) in [5, 5.41) is 13.6. The smallest absolute Gasteiger partial charge is 0.115 e. The van der Waals surface area contributed by atoms with E-state index in [2.05, 4.69) is 5.32 Å². The molecule has 0 amide bonds. The molecule has 0 saturated carbocycles. The topological polar surface area (TPSA) is 32.3 Å². The monoisotopic (exact) mass is 281 g/mol. The number of rotatable bonds is 3. The van der Waals surface area contributed by atoms with E-state index in [4.69, 9.17) is 23.2 Å². The quantitative estimate of drug-likeness (QED) is 0.787. The fraction of sp³-hybridized carbons (Fsp3) is 0.143. The van der Waals surface area contributed by atoms with Gasteiger partial charge in [0.1, 0.15) is 5.75 Å². The molecule has 4 heteroatoms. The molecule has 0 fully saturated rings. The van der Waals surface area contributed by atoms with Crippen LogP contribution in [0.4, 0.5) is 5.69 Å². The van der Waals surface area contributed by atoms with E-state index in [9.17, 15) is 5.11 Å². The van der Waals surface area contributed by atoms with E-state index < -0.39 is 0 Å². The van der Waals surface area contributed by atoms with Gasteiger partial charge in [0.15, 0.2) is 0 Å². The fourth-order valence-electron chi connectivity index (χ4n) is 1.67. The molecule has 0 bridgehead atoms. The van der Waals surface area contributed by atoms with Crippen LogP contribution in [0.25, 0.3) is 0 Å². The van der Waals surface area contributed by atoms with Crippen LogP contribution in [0, 0.1) is 0 Å². The highest BCUT2D eigenvalue weighted by Crippen LogP contribution is 2.27. The molecule has 0 saturated heterocycles. The number of phenolic OH excluding ortho intramolecular Hbond substituents is 1. The normalized spacial score (nSPS) is 12.2. The third-order valence-corrected chi connectivity index (χ3v) is 3.43. The third kappa shape index (κ3) is 3.09. The summed E-state index contributed by atoms with van der Waals surface area (Å²) in [4.78, 5) is 0. The van der Waals surface area contributed by atoms with Gasteiger partial charge in [-0.15, -0.1) is 0 Å². The molecule has 0 heterocycles. The number of aromatic hydroxyl groups is 1. The first-order chi connectivity index (χ1) is 8.56. The van der Waals surface area contributed by atoms with Crippen LogP contribution in [0.2, 0.25) is 10.0 Å². The van der Waals surface area contributed by atoms with Crippen LogP contribution in [-0.4, -0.2) is 5.11 Å². The van der Waals surface area contributed by atoms with Gasteiger partial charge >= 0.3 is 0 Å². The highest BCUT2D eigenvalue weighted by Gasteiger charge is 2.07. The maximum atomic E-state index is 9.21. The highest BCUT2D eigenvalue weighted by atomic mass is 35.5. The van der Waals surface area contributed by atoms with Gasteiger partial charge in [-0.25, -0.2) is 0 Å². The van der Waals surface area contributed by atoms with Gasteiger partial charge in [0.25, 0.3) is 0 Å². The molecule has 0 aliphatic rings. The summed E-state index contributed by atoms with van der Waals surface area (Å²) in [7, 11) is 0. The van der Waals surface area contributed by atoms with Crippen LogP contribution in [0.1, 0.15) is 18.5 Å². The van der Waals surface area contributed by atoms with Gasteiger partial charge in [-0.3, -0.25) is 0 Å². The molecular weight excluding hydrogens is 269 g/mol. The minimum absolute atomic E-state index is 0.101. The van der Waals surface area contributed by atoms with Crippen molar-refractivity contribution >= 4 is 28.9 Å². The van der Waals surface area contributed by atoms with Crippen LogP contribution in [-0.2, 0) is 0 Å². The highest BCUT2D eigenvalue weighted by molar-refractivity contribution is 6.42. The lowest BCUT2D eigenvalue weighted by Gasteiger charge is -2.16. The lowest BCUT2D eigenvalue weighted by molar-refractivity contribution is 0.475. The largest absolute Gasteiger partial charge is 0.508 e. The van der Waals surface area contributed by atoms with Crippen molar-refractivity contribution in [3.05, 3.63) is 58.1 Å². The summed E-state index contributed by atoms with van der Waals surface area (Å²) in [6, 6.07) is 12.6. The molecule has 2 N–H and O–H groups in total. The fourth-order valence-corrected chi connectivity index (χ4v) is 1.98. The molecule has 2 rings (SSSR count). The van der Waals surface area contributed by atoms with E-state index >= 15 is 0 Å². The predicted molar refractivity (Wildman–Crippen MR) is 76.6 cm³/mol. The van der Waals surface area contributed by atoms with E-state index in [0.717, 1.165) is 11.3 Å². The Morgan fingerprint density at radius 2 is 1.67 bits per heavy atom. The second-order valence-corrected chi connectivity index (χ2v) is 4.90. The second kappa shape index (κ2) is 5.51. The minimum Gasteiger partial charge on any atom is -0.508 e. The SMILES string of the molecule is CC(Nc1ccc(O)cc1)c1ccc(Cl)c(Cl)c1. The number of anilines is 1. The van der Waals surface area contributed by atoms with Crippen LogP contribution in [0.15, 0.2) is 42.5 Å². The molecule has 1 unspecified atom stereocenters. The van der Waals surface area contributed by atoms with Crippen molar-refractivity contribution in [2.75, 3.05) is 5.32 Å². The lowest BCUT2D eigenvalue weighted by Crippen LogP contribution is -2.06. The maximum Gasteiger partial charge on any atom is 0.115 e. The summed E-state index contributed by atoms with van der Waals surface area (Å²) in [6.07, 6.45) is 0. The van der Waals surface area contributed by atoms with Gasteiger partial charge in [0.2, 0.25) is 0 Å². The molecule has 0 radical (unpaired) electrons. The Hall–Kier alpha value is -1.38. The van der Waals surface area contributed by atoms with Crippen molar-refractivity contribution < 1.29 is 5.11 Å². The molecule has 0 spiro atoms. The second-order valence-electron chi connectivity index (χ2n) is 4.09. The van der Waals surface area contributed by atoms with Gasteiger partial charge in [-0.2, -0.15) is 0 Å².